The Bertz CT molecular complexity index is 1090. The molecular weight excluding hydrogens is 499 g/mol. The maximum Gasteiger partial charge on any atom is 0.240 e. The molecule has 2 amide bonds. The lowest BCUT2D eigenvalue weighted by Gasteiger charge is -2.38. The molecule has 0 aliphatic carbocycles. The number of halogens is 2. The maximum absolute atomic E-state index is 14.7. The van der Waals surface area contributed by atoms with Crippen molar-refractivity contribution in [3.05, 3.63) is 69.9 Å². The summed E-state index contributed by atoms with van der Waals surface area (Å²) in [6, 6.07) is 14.7. The van der Waals surface area contributed by atoms with Crippen molar-refractivity contribution < 1.29 is 14.0 Å². The molecule has 1 saturated heterocycles. The first-order valence-corrected chi connectivity index (χ1v) is 12.5. The molecule has 6 nitrogen and oxygen atoms in total. The maximum atomic E-state index is 14.7. The van der Waals surface area contributed by atoms with E-state index in [0.717, 1.165) is 49.2 Å². The van der Waals surface area contributed by atoms with E-state index in [1.54, 1.807) is 24.1 Å². The fourth-order valence-corrected chi connectivity index (χ4v) is 5.40. The largest absolute Gasteiger partial charge is 0.340 e. The second-order valence-corrected chi connectivity index (χ2v) is 9.94. The average Bonchev–Trinajstić information content (AvgIpc) is 3.22. The summed E-state index contributed by atoms with van der Waals surface area (Å²) in [5.74, 6) is -0.391. The van der Waals surface area contributed by atoms with Gasteiger partial charge in [0.25, 0.3) is 0 Å². The van der Waals surface area contributed by atoms with Gasteiger partial charge in [0.15, 0.2) is 0 Å². The third kappa shape index (κ3) is 5.08. The first-order valence-electron chi connectivity index (χ1n) is 11.7. The summed E-state index contributed by atoms with van der Waals surface area (Å²) < 4.78 is 15.5. The molecular formula is C26H30BrFN4O2. The molecule has 34 heavy (non-hydrogen) atoms. The number of hydrogen-bond acceptors (Lipinski definition) is 4. The predicted octanol–water partition coefficient (Wildman–Crippen LogP) is 4.38. The summed E-state index contributed by atoms with van der Waals surface area (Å²) >= 11 is 3.43. The van der Waals surface area contributed by atoms with Crippen molar-refractivity contribution in [3.63, 3.8) is 0 Å². The van der Waals surface area contributed by atoms with Crippen LogP contribution in [0.25, 0.3) is 0 Å². The van der Waals surface area contributed by atoms with Crippen LogP contribution in [-0.2, 0) is 15.1 Å². The molecule has 2 heterocycles. The second-order valence-electron chi connectivity index (χ2n) is 9.03. The van der Waals surface area contributed by atoms with Crippen molar-refractivity contribution in [2.75, 3.05) is 32.7 Å². The summed E-state index contributed by atoms with van der Waals surface area (Å²) in [5, 5.41) is 6.23. The molecule has 0 saturated carbocycles. The molecule has 2 aromatic rings. The van der Waals surface area contributed by atoms with Gasteiger partial charge in [-0.25, -0.2) is 9.40 Å². The molecule has 0 radical (unpaired) electrons. The van der Waals surface area contributed by atoms with Crippen LogP contribution in [0.1, 0.15) is 44.2 Å². The van der Waals surface area contributed by atoms with E-state index in [1.165, 1.54) is 13.0 Å². The standard InChI is InChI=1S/C26H30BrFN4O2/c1-19(33)31-15-13-30(14-16-31)12-6-11-26(21-7-4-3-5-8-21)18-25(29-32(26)20(2)34)23-17-22(27)9-10-24(23)28/h3-5,7-10,17H,6,11-16,18H2,1-2H3/t26-/m1/s1. The lowest BCUT2D eigenvalue weighted by atomic mass is 9.80. The molecule has 0 bridgehead atoms. The Morgan fingerprint density at radius 3 is 2.38 bits per heavy atom. The van der Waals surface area contributed by atoms with Gasteiger partial charge in [-0.1, -0.05) is 46.3 Å². The molecule has 180 valence electrons. The SMILES string of the molecule is CC(=O)N1CCN(CCC[C@]2(c3ccccc3)CC(c3cc(Br)ccc3F)=NN2C(C)=O)CC1. The summed E-state index contributed by atoms with van der Waals surface area (Å²) in [7, 11) is 0. The number of benzene rings is 2. The van der Waals surface area contributed by atoms with E-state index in [-0.39, 0.29) is 17.6 Å². The first kappa shape index (κ1) is 24.5. The van der Waals surface area contributed by atoms with Crippen LogP contribution >= 0.6 is 15.9 Å². The van der Waals surface area contributed by atoms with Gasteiger partial charge in [-0.2, -0.15) is 5.10 Å². The molecule has 0 unspecified atom stereocenters. The highest BCUT2D eigenvalue weighted by Crippen LogP contribution is 2.43. The van der Waals surface area contributed by atoms with Crippen LogP contribution in [0.4, 0.5) is 4.39 Å². The zero-order chi connectivity index (χ0) is 24.3. The van der Waals surface area contributed by atoms with Gasteiger partial charge in [0, 0.05) is 56.5 Å². The normalized spacial score (nSPS) is 21.0. The monoisotopic (exact) mass is 528 g/mol. The number of piperazine rings is 1. The zero-order valence-electron chi connectivity index (χ0n) is 19.6. The average molecular weight is 529 g/mol. The number of carbonyl (C=O) groups is 2. The van der Waals surface area contributed by atoms with E-state index in [9.17, 15) is 14.0 Å². The highest BCUT2D eigenvalue weighted by Gasteiger charge is 2.46. The minimum Gasteiger partial charge on any atom is -0.340 e. The van der Waals surface area contributed by atoms with E-state index in [4.69, 9.17) is 0 Å². The summed E-state index contributed by atoms with van der Waals surface area (Å²) in [6.45, 7) is 7.18. The van der Waals surface area contributed by atoms with Gasteiger partial charge in [-0.15, -0.1) is 0 Å². The highest BCUT2D eigenvalue weighted by molar-refractivity contribution is 9.10. The van der Waals surface area contributed by atoms with Crippen LogP contribution in [0.2, 0.25) is 0 Å². The highest BCUT2D eigenvalue weighted by atomic mass is 79.9. The topological polar surface area (TPSA) is 56.2 Å². The van der Waals surface area contributed by atoms with Crippen LogP contribution in [0.5, 0.6) is 0 Å². The summed E-state index contributed by atoms with van der Waals surface area (Å²) in [6.07, 6.45) is 2.00. The van der Waals surface area contributed by atoms with Crippen LogP contribution in [0.15, 0.2) is 58.1 Å². The van der Waals surface area contributed by atoms with Crippen molar-refractivity contribution in [2.45, 2.75) is 38.6 Å². The number of carbonyl (C=O) groups excluding carboxylic acids is 2. The van der Waals surface area contributed by atoms with Gasteiger partial charge in [0.1, 0.15) is 5.82 Å². The van der Waals surface area contributed by atoms with E-state index in [1.807, 2.05) is 35.2 Å². The third-order valence-corrected chi connectivity index (χ3v) is 7.31. The van der Waals surface area contributed by atoms with E-state index < -0.39 is 5.54 Å². The number of amides is 2. The fraction of sp³-hybridized carbons (Fsp3) is 0.423. The molecule has 2 aromatic carbocycles. The summed E-state index contributed by atoms with van der Waals surface area (Å²) in [5.41, 5.74) is 1.32. The number of nitrogens with zero attached hydrogens (tertiary/aromatic N) is 4. The van der Waals surface area contributed by atoms with Gasteiger partial charge in [-0.05, 0) is 43.1 Å². The van der Waals surface area contributed by atoms with Crippen molar-refractivity contribution in [3.8, 4) is 0 Å². The Hall–Kier alpha value is -2.58. The molecule has 4 rings (SSSR count). The van der Waals surface area contributed by atoms with E-state index in [0.29, 0.717) is 24.1 Å². The van der Waals surface area contributed by atoms with Crippen molar-refractivity contribution in [2.24, 2.45) is 5.10 Å². The molecule has 0 N–H and O–H groups in total. The van der Waals surface area contributed by atoms with Crippen LogP contribution in [0, 0.1) is 5.82 Å². The molecule has 2 aliphatic rings. The Labute approximate surface area is 208 Å². The minimum absolute atomic E-state index is 0.121. The Morgan fingerprint density at radius 2 is 1.74 bits per heavy atom. The van der Waals surface area contributed by atoms with Gasteiger partial charge in [-0.3, -0.25) is 14.5 Å². The molecule has 2 aliphatic heterocycles. The summed E-state index contributed by atoms with van der Waals surface area (Å²) in [4.78, 5) is 28.6. The fourth-order valence-electron chi connectivity index (χ4n) is 5.04. The van der Waals surface area contributed by atoms with E-state index in [2.05, 4.69) is 25.9 Å². The third-order valence-electron chi connectivity index (χ3n) is 6.82. The molecule has 1 atom stereocenters. The lowest BCUT2D eigenvalue weighted by Crippen LogP contribution is -2.48. The first-order chi connectivity index (χ1) is 16.3. The molecule has 0 aromatic heterocycles. The Balaban J connectivity index is 1.57. The van der Waals surface area contributed by atoms with Crippen LogP contribution in [-0.4, -0.2) is 65.1 Å². The van der Waals surface area contributed by atoms with Gasteiger partial charge >= 0.3 is 0 Å². The Morgan fingerprint density at radius 1 is 1.03 bits per heavy atom. The number of rotatable bonds is 6. The number of hydrazone groups is 1. The van der Waals surface area contributed by atoms with E-state index >= 15 is 0 Å². The Kier molecular flexibility index (Phi) is 7.48. The van der Waals surface area contributed by atoms with Crippen molar-refractivity contribution in [1.82, 2.24) is 14.8 Å². The molecule has 0 spiro atoms. The quantitative estimate of drug-likeness (QED) is 0.558. The van der Waals surface area contributed by atoms with Crippen molar-refractivity contribution in [1.29, 1.82) is 0 Å². The minimum atomic E-state index is -0.668. The van der Waals surface area contributed by atoms with Crippen LogP contribution in [0.3, 0.4) is 0 Å². The van der Waals surface area contributed by atoms with Gasteiger partial charge < -0.3 is 4.90 Å². The van der Waals surface area contributed by atoms with Gasteiger partial charge in [0.2, 0.25) is 11.8 Å². The molecule has 8 heteroatoms. The lowest BCUT2D eigenvalue weighted by molar-refractivity contribution is -0.135. The zero-order valence-corrected chi connectivity index (χ0v) is 21.2. The number of hydrogen-bond donors (Lipinski definition) is 0. The smallest absolute Gasteiger partial charge is 0.240 e. The van der Waals surface area contributed by atoms with Gasteiger partial charge in [0.05, 0.1) is 11.3 Å². The van der Waals surface area contributed by atoms with Crippen LogP contribution < -0.4 is 0 Å². The second kappa shape index (κ2) is 10.4. The van der Waals surface area contributed by atoms with Crippen molar-refractivity contribution >= 4 is 33.5 Å². The predicted molar refractivity (Wildman–Crippen MR) is 134 cm³/mol. The molecule has 1 fully saturated rings.